The fourth-order valence-corrected chi connectivity index (χ4v) is 8.24. The summed E-state index contributed by atoms with van der Waals surface area (Å²) in [6.07, 6.45) is -4.11. The van der Waals surface area contributed by atoms with Crippen molar-refractivity contribution in [3.8, 4) is 0 Å². The molecule has 0 aliphatic heterocycles. The molecule has 17 heteroatoms. The third-order valence-corrected chi connectivity index (χ3v) is 10.1. The molecule has 0 radical (unpaired) electrons. The number of aromatic nitrogens is 2. The highest BCUT2D eigenvalue weighted by molar-refractivity contribution is 7.90. The van der Waals surface area contributed by atoms with Crippen LogP contribution in [0.3, 0.4) is 0 Å². The molecule has 0 spiro atoms. The minimum atomic E-state index is -4.32. The van der Waals surface area contributed by atoms with Crippen LogP contribution in [0.1, 0.15) is 48.2 Å². The van der Waals surface area contributed by atoms with Gasteiger partial charge in [0.2, 0.25) is 15.9 Å². The van der Waals surface area contributed by atoms with Crippen molar-refractivity contribution < 1.29 is 35.2 Å². The molecule has 0 unspecified atom stereocenters. The fourth-order valence-electron chi connectivity index (χ4n) is 4.76. The Hall–Kier alpha value is -2.37. The molecular weight excluding hydrogens is 587 g/mol. The summed E-state index contributed by atoms with van der Waals surface area (Å²) in [5.41, 5.74) is -0.0108. The summed E-state index contributed by atoms with van der Waals surface area (Å²) in [5.74, 6) is -4.20. The summed E-state index contributed by atoms with van der Waals surface area (Å²) in [4.78, 5) is 12.9. The van der Waals surface area contributed by atoms with E-state index in [1.165, 1.54) is 11.7 Å². The number of anilines is 2. The lowest BCUT2D eigenvalue weighted by Crippen LogP contribution is -2.50. The van der Waals surface area contributed by atoms with Crippen molar-refractivity contribution in [2.75, 3.05) is 10.6 Å². The van der Waals surface area contributed by atoms with Crippen LogP contribution in [0.15, 0.2) is 11.0 Å². The Morgan fingerprint density at radius 1 is 1.26 bits per heavy atom. The number of sulfonamides is 1. The molecule has 4 N–H and O–H groups in total. The molecule has 0 saturated heterocycles. The lowest BCUT2D eigenvalue weighted by molar-refractivity contribution is -0.117. The van der Waals surface area contributed by atoms with Crippen LogP contribution in [0.5, 0.6) is 0 Å². The van der Waals surface area contributed by atoms with Crippen LogP contribution in [-0.4, -0.2) is 53.4 Å². The Morgan fingerprint density at radius 3 is 2.54 bits per heavy atom. The molecule has 3 aliphatic carbocycles. The Kier molecular flexibility index (Phi) is 7.39. The predicted molar refractivity (Wildman–Crippen MR) is 138 cm³/mol. The Balaban J connectivity index is 1.35. The lowest BCUT2D eigenvalue weighted by atomic mass is 9.89. The zero-order valence-electron chi connectivity index (χ0n) is 20.4. The van der Waals surface area contributed by atoms with Crippen LogP contribution < -0.4 is 20.7 Å². The van der Waals surface area contributed by atoms with Gasteiger partial charge in [-0.3, -0.25) is 9.48 Å². The Morgan fingerprint density at radius 2 is 1.95 bits per heavy atom. The SMILES string of the molecule is Cn1nc(C(F)F)cc1NC(=S)N[C@H]1CCc2sc(NC(=O)[C@H]3C[C@@H]3F)c(S(=O)(=O)NC3CC(F)(F)C3)c2C1. The first-order valence-corrected chi connectivity index (χ1v) is 14.8. The summed E-state index contributed by atoms with van der Waals surface area (Å²) in [7, 11) is -2.84. The third kappa shape index (κ3) is 6.05. The molecule has 3 aliphatic rings. The zero-order chi connectivity index (χ0) is 28.3. The van der Waals surface area contributed by atoms with E-state index in [1.807, 2.05) is 0 Å². The number of thiocarbonyl (C=S) groups is 1. The standard InChI is InChI=1S/C22H25F5N6O3S3/c1-33-16(6-14(31-33)18(24)25)29-21(37)28-9-2-3-15-12(4-9)17(20(38-15)30-19(34)11-5-13(11)23)39(35,36)32-10-7-22(26,27)8-10/h6,9-11,13,18,32H,2-5,7-8H2,1H3,(H,30,34)(H2,28,29,37)/t9-,11-,13-/m0/s1. The molecule has 2 heterocycles. The number of rotatable bonds is 8. The number of amides is 1. The highest BCUT2D eigenvalue weighted by Crippen LogP contribution is 2.44. The van der Waals surface area contributed by atoms with Gasteiger partial charge in [-0.1, -0.05) is 0 Å². The van der Waals surface area contributed by atoms with Gasteiger partial charge in [-0.05, 0) is 43.5 Å². The van der Waals surface area contributed by atoms with Gasteiger partial charge in [-0.25, -0.2) is 35.1 Å². The normalized spacial score (nSPS) is 24.1. The van der Waals surface area contributed by atoms with Crippen LogP contribution in [0.2, 0.25) is 0 Å². The molecule has 39 heavy (non-hydrogen) atoms. The number of carbonyl (C=O) groups is 1. The molecule has 214 valence electrons. The maximum atomic E-state index is 13.5. The topological polar surface area (TPSA) is 117 Å². The van der Waals surface area contributed by atoms with Gasteiger partial charge in [-0.15, -0.1) is 11.3 Å². The van der Waals surface area contributed by atoms with Crippen molar-refractivity contribution in [2.45, 2.75) is 74.0 Å². The van der Waals surface area contributed by atoms with Gasteiger partial charge in [0.1, 0.15) is 27.6 Å². The average molecular weight is 613 g/mol. The fraction of sp³-hybridized carbons (Fsp3) is 0.591. The molecule has 2 fully saturated rings. The van der Waals surface area contributed by atoms with E-state index < -0.39 is 64.9 Å². The number of fused-ring (bicyclic) bond motifs is 1. The van der Waals surface area contributed by atoms with Crippen molar-refractivity contribution in [3.63, 3.8) is 0 Å². The first-order chi connectivity index (χ1) is 18.2. The summed E-state index contributed by atoms with van der Waals surface area (Å²) < 4.78 is 96.4. The summed E-state index contributed by atoms with van der Waals surface area (Å²) in [5, 5.41) is 12.2. The lowest BCUT2D eigenvalue weighted by Gasteiger charge is -2.35. The Bertz CT molecular complexity index is 1400. The number of thiophene rings is 1. The average Bonchev–Trinajstić information content (AvgIpc) is 3.26. The highest BCUT2D eigenvalue weighted by atomic mass is 32.2. The number of nitrogens with zero attached hydrogens (tertiary/aromatic N) is 2. The van der Waals surface area contributed by atoms with Crippen LogP contribution in [0.25, 0.3) is 0 Å². The summed E-state index contributed by atoms with van der Waals surface area (Å²) in [6, 6.07) is -0.152. The second kappa shape index (κ2) is 10.2. The number of hydrogen-bond acceptors (Lipinski definition) is 6. The van der Waals surface area contributed by atoms with Crippen LogP contribution >= 0.6 is 23.6 Å². The minimum Gasteiger partial charge on any atom is -0.359 e. The zero-order valence-corrected chi connectivity index (χ0v) is 22.9. The van der Waals surface area contributed by atoms with E-state index in [2.05, 4.69) is 25.8 Å². The third-order valence-electron chi connectivity index (χ3n) is 6.88. The van der Waals surface area contributed by atoms with Crippen LogP contribution in [0, 0.1) is 5.92 Å². The van der Waals surface area contributed by atoms with Crippen LogP contribution in [-0.2, 0) is 34.7 Å². The molecule has 2 saturated carbocycles. The first-order valence-electron chi connectivity index (χ1n) is 12.1. The van der Waals surface area contributed by atoms with E-state index >= 15 is 0 Å². The second-order valence-corrected chi connectivity index (χ2v) is 13.2. The van der Waals surface area contributed by atoms with Gasteiger partial charge >= 0.3 is 0 Å². The maximum Gasteiger partial charge on any atom is 0.282 e. The van der Waals surface area contributed by atoms with Crippen molar-refractivity contribution in [1.29, 1.82) is 0 Å². The number of hydrogen-bond donors (Lipinski definition) is 4. The molecule has 5 rings (SSSR count). The van der Waals surface area contributed by atoms with Gasteiger partial charge < -0.3 is 16.0 Å². The van der Waals surface area contributed by atoms with Crippen LogP contribution in [0.4, 0.5) is 32.8 Å². The van der Waals surface area contributed by atoms with Crippen molar-refractivity contribution in [3.05, 3.63) is 22.2 Å². The van der Waals surface area contributed by atoms with E-state index in [-0.39, 0.29) is 39.7 Å². The molecule has 0 bridgehead atoms. The quantitative estimate of drug-likeness (QED) is 0.266. The number of carbonyl (C=O) groups excluding carboxylic acids is 1. The maximum absolute atomic E-state index is 13.5. The number of nitrogens with one attached hydrogen (secondary N) is 4. The van der Waals surface area contributed by atoms with Crippen molar-refractivity contribution >= 4 is 55.4 Å². The monoisotopic (exact) mass is 612 g/mol. The van der Waals surface area contributed by atoms with E-state index in [0.717, 1.165) is 17.4 Å². The summed E-state index contributed by atoms with van der Waals surface area (Å²) in [6.45, 7) is 0. The highest BCUT2D eigenvalue weighted by Gasteiger charge is 2.48. The molecule has 3 atom stereocenters. The number of aryl methyl sites for hydroxylation is 2. The molecule has 2 aromatic heterocycles. The number of alkyl halides is 5. The van der Waals surface area contributed by atoms with Gasteiger partial charge in [-0.2, -0.15) is 5.10 Å². The Labute approximate surface area is 230 Å². The summed E-state index contributed by atoms with van der Waals surface area (Å²) >= 11 is 6.39. The van der Waals surface area contributed by atoms with Gasteiger partial charge in [0, 0.05) is 42.9 Å². The molecular formula is C22H25F5N6O3S3. The molecule has 0 aromatic carbocycles. The van der Waals surface area contributed by atoms with E-state index in [4.69, 9.17) is 12.2 Å². The first kappa shape index (κ1) is 28.2. The van der Waals surface area contributed by atoms with Gasteiger partial charge in [0.25, 0.3) is 12.3 Å². The smallest absolute Gasteiger partial charge is 0.282 e. The number of halogens is 5. The van der Waals surface area contributed by atoms with E-state index in [1.54, 1.807) is 0 Å². The van der Waals surface area contributed by atoms with Crippen molar-refractivity contribution in [2.24, 2.45) is 13.0 Å². The van der Waals surface area contributed by atoms with E-state index in [0.29, 0.717) is 23.3 Å². The predicted octanol–water partition coefficient (Wildman–Crippen LogP) is 3.64. The molecule has 1 amide bonds. The van der Waals surface area contributed by atoms with E-state index in [9.17, 15) is 35.2 Å². The largest absolute Gasteiger partial charge is 0.359 e. The van der Waals surface area contributed by atoms with Crippen molar-refractivity contribution in [1.82, 2.24) is 19.8 Å². The van der Waals surface area contributed by atoms with Gasteiger partial charge in [0.05, 0.1) is 5.92 Å². The van der Waals surface area contributed by atoms with Gasteiger partial charge in [0.15, 0.2) is 5.11 Å². The second-order valence-electron chi connectivity index (χ2n) is 10.0. The molecule has 2 aromatic rings. The molecule has 9 nitrogen and oxygen atoms in total. The minimum absolute atomic E-state index is 0.0263.